The number of likely N-dealkylation sites (tertiary alicyclic amines) is 1. The van der Waals surface area contributed by atoms with Gasteiger partial charge in [-0.3, -0.25) is 0 Å². The first-order valence-corrected chi connectivity index (χ1v) is 14.8. The lowest BCUT2D eigenvalue weighted by Gasteiger charge is -2.38. The summed E-state index contributed by atoms with van der Waals surface area (Å²) < 4.78 is 84.1. The molecule has 1 amide bonds. The Morgan fingerprint density at radius 3 is 1.91 bits per heavy atom. The molecule has 0 aliphatic carbocycles. The molecule has 4 aromatic carbocycles. The predicted octanol–water partition coefficient (Wildman–Crippen LogP) is 6.29. The lowest BCUT2D eigenvalue weighted by molar-refractivity contribution is -0.248. The second-order valence-electron chi connectivity index (χ2n) is 10.4. The second-order valence-corrected chi connectivity index (χ2v) is 12.6. The molecule has 1 aliphatic heterocycles. The second kappa shape index (κ2) is 11.1. The molecule has 43 heavy (non-hydrogen) atoms. The quantitative estimate of drug-likeness (QED) is 0.189. The van der Waals surface area contributed by atoms with Crippen molar-refractivity contribution in [1.82, 2.24) is 4.90 Å². The van der Waals surface area contributed by atoms with Gasteiger partial charge in [-0.1, -0.05) is 84.9 Å². The number of hydrogen-bond acceptors (Lipinski definition) is 4. The summed E-state index contributed by atoms with van der Waals surface area (Å²) in [5, 5.41) is 21.2. The largest absolute Gasteiger partial charge is 0.465 e. The smallest absolute Gasteiger partial charge is 0.425 e. The zero-order valence-corrected chi connectivity index (χ0v) is 23.4. The molecule has 2 unspecified atom stereocenters. The van der Waals surface area contributed by atoms with Crippen molar-refractivity contribution in [3.8, 4) is 0 Å². The standard InChI is InChI=1S/C32H27F4NO5S/c33-26-15-17-27(18-16-26)43(41,42)30(19-20-37(29(38)39)28(30)21-22-7-3-1-4-8-22)23-11-13-25(14-12-23)31(40,32(34,35)36)24-9-5-2-6-10-24/h1-18,28,40H,19-21H2,(H,38,39)/t28?,30-,31?/m1/s1. The molecule has 2 N–H and O–H groups in total. The molecule has 1 aliphatic rings. The molecule has 11 heteroatoms. The topological polar surface area (TPSA) is 94.9 Å². The number of benzene rings is 4. The van der Waals surface area contributed by atoms with Gasteiger partial charge < -0.3 is 15.1 Å². The van der Waals surface area contributed by atoms with E-state index in [4.69, 9.17) is 0 Å². The molecular weight excluding hydrogens is 586 g/mol. The maximum Gasteiger partial charge on any atom is 0.425 e. The summed E-state index contributed by atoms with van der Waals surface area (Å²) in [6.45, 7) is -0.175. The number of carbonyl (C=O) groups is 1. The highest BCUT2D eigenvalue weighted by atomic mass is 32.2. The third-order valence-electron chi connectivity index (χ3n) is 8.15. The van der Waals surface area contributed by atoms with Gasteiger partial charge in [0.05, 0.1) is 10.9 Å². The van der Waals surface area contributed by atoms with Crippen molar-refractivity contribution in [3.63, 3.8) is 0 Å². The van der Waals surface area contributed by atoms with E-state index in [0.29, 0.717) is 5.56 Å². The highest BCUT2D eigenvalue weighted by Crippen LogP contribution is 2.50. The highest BCUT2D eigenvalue weighted by Gasteiger charge is 2.60. The number of amides is 1. The molecule has 0 aromatic heterocycles. The third-order valence-corrected chi connectivity index (χ3v) is 10.7. The maximum absolute atomic E-state index is 14.5. The molecule has 224 valence electrons. The van der Waals surface area contributed by atoms with Gasteiger partial charge in [-0.2, -0.15) is 13.2 Å². The Morgan fingerprint density at radius 2 is 1.37 bits per heavy atom. The van der Waals surface area contributed by atoms with Gasteiger partial charge in [-0.25, -0.2) is 17.6 Å². The fourth-order valence-corrected chi connectivity index (χ4v) is 8.29. The van der Waals surface area contributed by atoms with Gasteiger partial charge in [0.15, 0.2) is 9.84 Å². The Labute approximate surface area is 245 Å². The average Bonchev–Trinajstić information content (AvgIpc) is 3.38. The van der Waals surface area contributed by atoms with Crippen molar-refractivity contribution < 1.29 is 41.0 Å². The molecule has 1 saturated heterocycles. The van der Waals surface area contributed by atoms with Crippen molar-refractivity contribution in [2.24, 2.45) is 0 Å². The normalized spacial score (nSPS) is 20.5. The summed E-state index contributed by atoms with van der Waals surface area (Å²) in [5.41, 5.74) is -3.68. The Hall–Kier alpha value is -4.22. The van der Waals surface area contributed by atoms with E-state index in [0.717, 1.165) is 53.4 Å². The SMILES string of the molecule is O=C(O)N1CC[C@](c2ccc(C(O)(c3ccccc3)C(F)(F)F)cc2)(S(=O)(=O)c2ccc(F)cc2)C1Cc1ccccc1. The van der Waals surface area contributed by atoms with Crippen molar-refractivity contribution in [1.29, 1.82) is 0 Å². The first kappa shape index (κ1) is 30.2. The van der Waals surface area contributed by atoms with Crippen LogP contribution in [0.1, 0.15) is 28.7 Å². The Bertz CT molecular complexity index is 1700. The van der Waals surface area contributed by atoms with E-state index in [2.05, 4.69) is 0 Å². The predicted molar refractivity (Wildman–Crippen MR) is 150 cm³/mol. The minimum Gasteiger partial charge on any atom is -0.465 e. The van der Waals surface area contributed by atoms with E-state index in [9.17, 15) is 41.0 Å². The molecule has 4 aromatic rings. The minimum absolute atomic E-state index is 0.0220. The number of rotatable bonds is 7. The first-order valence-electron chi connectivity index (χ1n) is 13.3. The van der Waals surface area contributed by atoms with Crippen molar-refractivity contribution in [2.75, 3.05) is 6.54 Å². The van der Waals surface area contributed by atoms with Gasteiger partial charge in [-0.15, -0.1) is 0 Å². The van der Waals surface area contributed by atoms with Crippen LogP contribution in [-0.4, -0.2) is 48.4 Å². The maximum atomic E-state index is 14.5. The van der Waals surface area contributed by atoms with Crippen molar-refractivity contribution in [2.45, 2.75) is 40.3 Å². The summed E-state index contributed by atoms with van der Waals surface area (Å²) in [4.78, 5) is 13.2. The van der Waals surface area contributed by atoms with Gasteiger partial charge >= 0.3 is 12.3 Å². The van der Waals surface area contributed by atoms with Crippen LogP contribution in [0.5, 0.6) is 0 Å². The van der Waals surface area contributed by atoms with Crippen molar-refractivity contribution in [3.05, 3.63) is 137 Å². The molecule has 0 spiro atoms. The van der Waals surface area contributed by atoms with Gasteiger partial charge in [0.1, 0.15) is 10.6 Å². The van der Waals surface area contributed by atoms with Crippen LogP contribution < -0.4 is 0 Å². The monoisotopic (exact) mass is 613 g/mol. The molecule has 5 rings (SSSR count). The Morgan fingerprint density at radius 1 is 0.837 bits per heavy atom. The summed E-state index contributed by atoms with van der Waals surface area (Å²) in [5.74, 6) is -0.677. The van der Waals surface area contributed by atoms with Gasteiger partial charge in [-0.05, 0) is 59.4 Å². The van der Waals surface area contributed by atoms with Gasteiger partial charge in [0.25, 0.3) is 0 Å². The van der Waals surface area contributed by atoms with E-state index < -0.39 is 55.4 Å². The lowest BCUT2D eigenvalue weighted by atomic mass is 9.82. The van der Waals surface area contributed by atoms with Crippen LogP contribution in [-0.2, 0) is 26.6 Å². The van der Waals surface area contributed by atoms with Crippen LogP contribution >= 0.6 is 0 Å². The first-order chi connectivity index (χ1) is 20.3. The van der Waals surface area contributed by atoms with Crippen LogP contribution in [0, 0.1) is 5.82 Å². The molecule has 0 radical (unpaired) electrons. The van der Waals surface area contributed by atoms with E-state index >= 15 is 0 Å². The van der Waals surface area contributed by atoms with Crippen molar-refractivity contribution >= 4 is 15.9 Å². The summed E-state index contributed by atoms with van der Waals surface area (Å²) in [6, 6.07) is 22.5. The molecule has 1 fully saturated rings. The Balaban J connectivity index is 1.72. The summed E-state index contributed by atoms with van der Waals surface area (Å²) in [6.07, 6.45) is -6.72. The summed E-state index contributed by atoms with van der Waals surface area (Å²) in [7, 11) is -4.49. The van der Waals surface area contributed by atoms with Crippen LogP contribution in [0.25, 0.3) is 0 Å². The molecule has 3 atom stereocenters. The molecule has 6 nitrogen and oxygen atoms in total. The molecule has 0 bridgehead atoms. The van der Waals surface area contributed by atoms with Crippen LogP contribution in [0.4, 0.5) is 22.4 Å². The zero-order chi connectivity index (χ0) is 31.0. The zero-order valence-electron chi connectivity index (χ0n) is 22.6. The summed E-state index contributed by atoms with van der Waals surface area (Å²) >= 11 is 0. The number of halogens is 4. The minimum atomic E-state index is -5.13. The van der Waals surface area contributed by atoms with Crippen LogP contribution in [0.15, 0.2) is 114 Å². The van der Waals surface area contributed by atoms with Crippen LogP contribution in [0.3, 0.4) is 0 Å². The fourth-order valence-electron chi connectivity index (χ4n) is 6.00. The van der Waals surface area contributed by atoms with Gasteiger partial charge in [0.2, 0.25) is 5.60 Å². The van der Waals surface area contributed by atoms with E-state index in [-0.39, 0.29) is 29.8 Å². The van der Waals surface area contributed by atoms with E-state index in [1.54, 1.807) is 30.3 Å². The van der Waals surface area contributed by atoms with E-state index in [1.165, 1.54) is 30.3 Å². The number of hydrogen-bond donors (Lipinski definition) is 2. The number of nitrogens with zero attached hydrogens (tertiary/aromatic N) is 1. The lowest BCUT2D eigenvalue weighted by Crippen LogP contribution is -2.50. The fraction of sp³-hybridized carbons (Fsp3) is 0.219. The van der Waals surface area contributed by atoms with E-state index in [1.807, 2.05) is 0 Å². The van der Waals surface area contributed by atoms with Gasteiger partial charge in [0, 0.05) is 6.54 Å². The molecule has 1 heterocycles. The average molecular weight is 614 g/mol. The van der Waals surface area contributed by atoms with Crippen LogP contribution in [0.2, 0.25) is 0 Å². The molecule has 0 saturated carbocycles. The number of carboxylic acid groups (broad SMARTS) is 1. The Kier molecular flexibility index (Phi) is 7.82. The highest BCUT2D eigenvalue weighted by molar-refractivity contribution is 7.92. The number of sulfone groups is 1. The third kappa shape index (κ3) is 5.06. The molecular formula is C32H27F4NO5S. The number of alkyl halides is 3. The number of aliphatic hydroxyl groups is 1.